The average molecular weight is 527 g/mol. The van der Waals surface area contributed by atoms with Crippen molar-refractivity contribution in [2.24, 2.45) is 5.73 Å². The number of carbonyl (C=O) groups excluding carboxylic acids is 1. The maximum Gasteiger partial charge on any atom is 0.292 e. The molecule has 182 valence electrons. The van der Waals surface area contributed by atoms with E-state index in [4.69, 9.17) is 17.3 Å². The van der Waals surface area contributed by atoms with Crippen molar-refractivity contribution in [2.75, 3.05) is 13.1 Å². The topological polar surface area (TPSA) is 77.0 Å². The van der Waals surface area contributed by atoms with Crippen LogP contribution in [0.2, 0.25) is 5.02 Å². The number of carbonyl (C=O) groups is 1. The molecule has 10 heteroatoms. The maximum absolute atomic E-state index is 13.3. The minimum atomic E-state index is -0.307. The summed E-state index contributed by atoms with van der Waals surface area (Å²) in [5.74, 6) is 0.545. The standard InChI is InChI=1S/C24H25ClFN5O.2ClH/c25-18-3-1-2-17(14-18)24(15-27)10-8-20(9-11-24)30-12-13-31-21(28-29-22(31)23(30)32)16-4-6-19(26)7-5-16;;/h1-7,14,20H,8-13,15,27H2;2*1H. The largest absolute Gasteiger partial charge is 0.331 e. The minimum Gasteiger partial charge on any atom is -0.331 e. The summed E-state index contributed by atoms with van der Waals surface area (Å²) in [5, 5.41) is 9.13. The molecule has 34 heavy (non-hydrogen) atoms. The Labute approximate surface area is 215 Å². The summed E-state index contributed by atoms with van der Waals surface area (Å²) in [6.45, 7) is 1.78. The quantitative estimate of drug-likeness (QED) is 0.526. The maximum atomic E-state index is 13.3. The van der Waals surface area contributed by atoms with Gasteiger partial charge < -0.3 is 15.2 Å². The second-order valence-electron chi connectivity index (χ2n) is 8.73. The van der Waals surface area contributed by atoms with Crippen LogP contribution in [0.15, 0.2) is 48.5 Å². The van der Waals surface area contributed by atoms with E-state index in [0.717, 1.165) is 36.3 Å². The second kappa shape index (κ2) is 10.6. The van der Waals surface area contributed by atoms with Gasteiger partial charge in [0.15, 0.2) is 5.82 Å². The molecule has 0 unspecified atom stereocenters. The van der Waals surface area contributed by atoms with Crippen LogP contribution in [0.4, 0.5) is 4.39 Å². The molecule has 2 aliphatic rings. The van der Waals surface area contributed by atoms with Gasteiger partial charge in [-0.25, -0.2) is 4.39 Å². The fraction of sp³-hybridized carbons (Fsp3) is 0.375. The smallest absolute Gasteiger partial charge is 0.292 e. The molecule has 6 nitrogen and oxygen atoms in total. The third-order valence-electron chi connectivity index (χ3n) is 7.05. The molecule has 5 rings (SSSR count). The van der Waals surface area contributed by atoms with E-state index in [9.17, 15) is 9.18 Å². The van der Waals surface area contributed by atoms with E-state index in [-0.39, 0.29) is 48.0 Å². The van der Waals surface area contributed by atoms with E-state index >= 15 is 0 Å². The number of fused-ring (bicyclic) bond motifs is 1. The first-order valence-electron chi connectivity index (χ1n) is 11.0. The van der Waals surface area contributed by atoms with Gasteiger partial charge in [0.05, 0.1) is 0 Å². The zero-order valence-corrected chi connectivity index (χ0v) is 20.9. The van der Waals surface area contributed by atoms with Crippen LogP contribution in [0.3, 0.4) is 0 Å². The van der Waals surface area contributed by atoms with Crippen LogP contribution in [-0.2, 0) is 12.0 Å². The molecule has 3 aromatic rings. The Hall–Kier alpha value is -2.19. The molecule has 0 bridgehead atoms. The van der Waals surface area contributed by atoms with E-state index in [1.807, 2.05) is 27.7 Å². The van der Waals surface area contributed by atoms with Gasteiger partial charge in [0.25, 0.3) is 5.91 Å². The molecule has 1 fully saturated rings. The fourth-order valence-electron chi connectivity index (χ4n) is 5.17. The SMILES string of the molecule is Cl.Cl.NCC1(c2cccc(Cl)c2)CCC(N2CCn3c(nnc3-c3ccc(F)cc3)C2=O)CC1. The number of hydrogen-bond acceptors (Lipinski definition) is 4. The summed E-state index contributed by atoms with van der Waals surface area (Å²) in [7, 11) is 0. The average Bonchev–Trinajstić information content (AvgIpc) is 3.25. The van der Waals surface area contributed by atoms with Crippen molar-refractivity contribution in [3.63, 3.8) is 0 Å². The van der Waals surface area contributed by atoms with Gasteiger partial charge in [-0.2, -0.15) is 0 Å². The highest BCUT2D eigenvalue weighted by molar-refractivity contribution is 6.30. The molecule has 2 heterocycles. The molecular formula is C24H27Cl3FN5O. The van der Waals surface area contributed by atoms with Gasteiger partial charge >= 0.3 is 0 Å². The molecule has 2 aromatic carbocycles. The molecule has 0 atom stereocenters. The first kappa shape index (κ1) is 26.4. The first-order valence-corrected chi connectivity index (χ1v) is 11.3. The number of hydrogen-bond donors (Lipinski definition) is 1. The lowest BCUT2D eigenvalue weighted by Crippen LogP contribution is -2.50. The fourth-order valence-corrected chi connectivity index (χ4v) is 5.36. The summed E-state index contributed by atoms with van der Waals surface area (Å²) in [5.41, 5.74) is 8.06. The lowest BCUT2D eigenvalue weighted by molar-refractivity contribution is 0.0523. The van der Waals surface area contributed by atoms with Gasteiger partial charge in [-0.1, -0.05) is 23.7 Å². The number of halogens is 4. The summed E-state index contributed by atoms with van der Waals surface area (Å²) >= 11 is 6.23. The van der Waals surface area contributed by atoms with E-state index in [1.165, 1.54) is 17.7 Å². The Morgan fingerprint density at radius 2 is 1.71 bits per heavy atom. The second-order valence-corrected chi connectivity index (χ2v) is 9.17. The third-order valence-corrected chi connectivity index (χ3v) is 7.29. The summed E-state index contributed by atoms with van der Waals surface area (Å²) < 4.78 is 15.1. The summed E-state index contributed by atoms with van der Waals surface area (Å²) in [4.78, 5) is 15.2. The summed E-state index contributed by atoms with van der Waals surface area (Å²) in [6.07, 6.45) is 3.58. The van der Waals surface area contributed by atoms with Crippen molar-refractivity contribution < 1.29 is 9.18 Å². The number of rotatable bonds is 4. The van der Waals surface area contributed by atoms with Gasteiger partial charge in [0.2, 0.25) is 5.82 Å². The Kier molecular flexibility index (Phi) is 8.24. The molecule has 1 amide bonds. The molecule has 0 spiro atoms. The number of benzene rings is 2. The Morgan fingerprint density at radius 1 is 1.03 bits per heavy atom. The number of nitrogens with two attached hydrogens (primary N) is 1. The van der Waals surface area contributed by atoms with Crippen LogP contribution < -0.4 is 5.73 Å². The van der Waals surface area contributed by atoms with Crippen molar-refractivity contribution in [1.82, 2.24) is 19.7 Å². The monoisotopic (exact) mass is 525 g/mol. The highest BCUT2D eigenvalue weighted by Gasteiger charge is 2.40. The Bertz CT molecular complexity index is 1150. The van der Waals surface area contributed by atoms with Gasteiger partial charge in [0, 0.05) is 41.7 Å². The normalized spacial score (nSPS) is 21.9. The molecule has 1 aliphatic carbocycles. The van der Waals surface area contributed by atoms with Crippen LogP contribution in [0.5, 0.6) is 0 Å². The van der Waals surface area contributed by atoms with Gasteiger partial charge in [0.1, 0.15) is 5.82 Å². The lowest BCUT2D eigenvalue weighted by Gasteiger charge is -2.44. The number of aromatic nitrogens is 3. The van der Waals surface area contributed by atoms with E-state index in [1.54, 1.807) is 12.1 Å². The van der Waals surface area contributed by atoms with E-state index in [0.29, 0.717) is 31.3 Å². The van der Waals surface area contributed by atoms with Gasteiger partial charge in [-0.3, -0.25) is 4.79 Å². The first-order chi connectivity index (χ1) is 15.5. The molecular weight excluding hydrogens is 500 g/mol. The zero-order valence-electron chi connectivity index (χ0n) is 18.5. The molecule has 2 N–H and O–H groups in total. The van der Waals surface area contributed by atoms with Crippen LogP contribution in [0, 0.1) is 5.82 Å². The van der Waals surface area contributed by atoms with Gasteiger partial charge in [-0.05, 0) is 67.6 Å². The number of nitrogens with zero attached hydrogens (tertiary/aromatic N) is 4. The highest BCUT2D eigenvalue weighted by atomic mass is 35.5. The summed E-state index contributed by atoms with van der Waals surface area (Å²) in [6, 6.07) is 14.2. The van der Waals surface area contributed by atoms with Crippen LogP contribution in [0.25, 0.3) is 11.4 Å². The van der Waals surface area contributed by atoms with Crippen LogP contribution in [-0.4, -0.2) is 44.7 Å². The zero-order chi connectivity index (χ0) is 22.3. The van der Waals surface area contributed by atoms with Crippen LogP contribution >= 0.6 is 36.4 Å². The number of amides is 1. The molecule has 1 aliphatic heterocycles. The lowest BCUT2D eigenvalue weighted by atomic mass is 9.68. The predicted octanol–water partition coefficient (Wildman–Crippen LogP) is 4.88. The van der Waals surface area contributed by atoms with Crippen molar-refractivity contribution in [2.45, 2.75) is 43.7 Å². The van der Waals surface area contributed by atoms with E-state index < -0.39 is 0 Å². The van der Waals surface area contributed by atoms with Crippen molar-refractivity contribution in [1.29, 1.82) is 0 Å². The van der Waals surface area contributed by atoms with Crippen molar-refractivity contribution >= 4 is 42.3 Å². The molecule has 1 saturated carbocycles. The third kappa shape index (κ3) is 4.67. The van der Waals surface area contributed by atoms with E-state index in [2.05, 4.69) is 16.3 Å². The predicted molar refractivity (Wildman–Crippen MR) is 135 cm³/mol. The molecule has 0 saturated heterocycles. The molecule has 1 aromatic heterocycles. The van der Waals surface area contributed by atoms with Crippen LogP contribution in [0.1, 0.15) is 41.9 Å². The van der Waals surface area contributed by atoms with Crippen molar-refractivity contribution in [3.8, 4) is 11.4 Å². The Balaban J connectivity index is 0.00000162. The minimum absolute atomic E-state index is 0. The molecule has 0 radical (unpaired) electrons. The van der Waals surface area contributed by atoms with Gasteiger partial charge in [-0.15, -0.1) is 35.0 Å². The van der Waals surface area contributed by atoms with Crippen molar-refractivity contribution in [3.05, 3.63) is 70.8 Å². The Morgan fingerprint density at radius 3 is 2.35 bits per heavy atom. The highest BCUT2D eigenvalue weighted by Crippen LogP contribution is 2.41.